The summed E-state index contributed by atoms with van der Waals surface area (Å²) < 4.78 is 38.1. The maximum Gasteiger partial charge on any atom is 0.328 e. The molecule has 5 nitrogen and oxygen atoms in total. The summed E-state index contributed by atoms with van der Waals surface area (Å²) in [6.07, 6.45) is -0.292. The summed E-state index contributed by atoms with van der Waals surface area (Å²) in [5.74, 6) is -2.90. The van der Waals surface area contributed by atoms with Gasteiger partial charge in [0.15, 0.2) is 8.32 Å². The number of halogens is 2. The van der Waals surface area contributed by atoms with E-state index in [1.165, 1.54) is 13.2 Å². The minimum absolute atomic E-state index is 0.0133. The number of methoxy groups -OCH3 is 1. The number of ether oxygens (including phenoxy) is 1. The van der Waals surface area contributed by atoms with Crippen LogP contribution in [0.1, 0.15) is 32.8 Å². The Bertz CT molecular complexity index is 654. The molecule has 152 valence electrons. The van der Waals surface area contributed by atoms with Crippen LogP contribution in [-0.4, -0.2) is 40.0 Å². The molecule has 1 atom stereocenters. The van der Waals surface area contributed by atoms with Gasteiger partial charge in [-0.05, 0) is 30.3 Å². The van der Waals surface area contributed by atoms with Crippen LogP contribution in [0.15, 0.2) is 18.2 Å². The van der Waals surface area contributed by atoms with Crippen molar-refractivity contribution < 1.29 is 27.5 Å². The van der Waals surface area contributed by atoms with Crippen molar-refractivity contribution in [2.75, 3.05) is 13.7 Å². The molecule has 1 rings (SSSR count). The van der Waals surface area contributed by atoms with E-state index in [1.807, 2.05) is 0 Å². The maximum absolute atomic E-state index is 13.7. The van der Waals surface area contributed by atoms with Gasteiger partial charge >= 0.3 is 5.97 Å². The maximum atomic E-state index is 13.7. The number of benzene rings is 1. The van der Waals surface area contributed by atoms with Crippen LogP contribution in [0.4, 0.5) is 8.78 Å². The van der Waals surface area contributed by atoms with Crippen LogP contribution in [0.2, 0.25) is 18.1 Å². The van der Waals surface area contributed by atoms with E-state index in [-0.39, 0.29) is 23.6 Å². The Kier molecular flexibility index (Phi) is 8.10. The minimum atomic E-state index is -2.00. The number of amides is 1. The summed E-state index contributed by atoms with van der Waals surface area (Å²) in [6, 6.07) is 2.44. The Morgan fingerprint density at radius 2 is 1.74 bits per heavy atom. The minimum Gasteiger partial charge on any atom is -0.467 e. The van der Waals surface area contributed by atoms with E-state index in [4.69, 9.17) is 9.16 Å². The number of rotatable bonds is 8. The molecule has 0 saturated heterocycles. The van der Waals surface area contributed by atoms with Crippen LogP contribution < -0.4 is 5.32 Å². The van der Waals surface area contributed by atoms with Gasteiger partial charge in [-0.1, -0.05) is 26.8 Å². The first-order chi connectivity index (χ1) is 12.4. The van der Waals surface area contributed by atoms with E-state index < -0.39 is 44.3 Å². The zero-order chi connectivity index (χ0) is 20.8. The van der Waals surface area contributed by atoms with Gasteiger partial charge in [-0.3, -0.25) is 4.79 Å². The summed E-state index contributed by atoms with van der Waals surface area (Å²) in [5.41, 5.74) is -0.337. The van der Waals surface area contributed by atoms with E-state index in [1.54, 1.807) is 0 Å². The molecule has 0 radical (unpaired) electrons. The van der Waals surface area contributed by atoms with Crippen LogP contribution in [0.3, 0.4) is 0 Å². The molecule has 1 amide bonds. The quantitative estimate of drug-likeness (QED) is 0.534. The van der Waals surface area contributed by atoms with Crippen LogP contribution in [0.5, 0.6) is 0 Å². The number of hydrogen-bond donors (Lipinski definition) is 1. The Hall–Kier alpha value is -1.80. The van der Waals surface area contributed by atoms with Crippen molar-refractivity contribution in [1.82, 2.24) is 5.32 Å². The monoisotopic (exact) mass is 401 g/mol. The van der Waals surface area contributed by atoms with Crippen molar-refractivity contribution in [3.63, 3.8) is 0 Å². The van der Waals surface area contributed by atoms with Crippen molar-refractivity contribution in [2.24, 2.45) is 0 Å². The summed E-state index contributed by atoms with van der Waals surface area (Å²) in [7, 11) is -0.782. The molecule has 0 aliphatic rings. The van der Waals surface area contributed by atoms with Crippen LogP contribution in [-0.2, 0) is 25.2 Å². The fraction of sp³-hybridized carbons (Fsp3) is 0.579. The fourth-order valence-electron chi connectivity index (χ4n) is 2.15. The molecule has 0 aliphatic carbocycles. The van der Waals surface area contributed by atoms with Crippen molar-refractivity contribution in [2.45, 2.75) is 57.8 Å². The standard InChI is InChI=1S/C19H29F2NO4Si/c1-19(2,3)27(5,6)26-11-10-16(18(24)25-4)22-17(23)12-13-14(20)8-7-9-15(13)21/h7-9,16H,10-12H2,1-6H3,(H,22,23)/t16-/m1/s1. The van der Waals surface area contributed by atoms with Crippen molar-refractivity contribution in [3.8, 4) is 0 Å². The predicted octanol–water partition coefficient (Wildman–Crippen LogP) is 3.58. The highest BCUT2D eigenvalue weighted by Gasteiger charge is 2.37. The SMILES string of the molecule is COC(=O)[C@@H](CCO[Si](C)(C)C(C)(C)C)NC(=O)Cc1c(F)cccc1F. The van der Waals surface area contributed by atoms with E-state index in [9.17, 15) is 18.4 Å². The molecule has 0 bridgehead atoms. The largest absolute Gasteiger partial charge is 0.467 e. The zero-order valence-electron chi connectivity index (χ0n) is 16.8. The number of hydrogen-bond acceptors (Lipinski definition) is 4. The lowest BCUT2D eigenvalue weighted by Crippen LogP contribution is -2.45. The molecule has 0 aromatic heterocycles. The molecule has 1 aromatic carbocycles. The number of carbonyl (C=O) groups excluding carboxylic acids is 2. The second kappa shape index (κ2) is 9.41. The van der Waals surface area contributed by atoms with E-state index in [2.05, 4.69) is 39.2 Å². The summed E-state index contributed by atoms with van der Waals surface area (Å²) in [4.78, 5) is 24.1. The van der Waals surface area contributed by atoms with Gasteiger partial charge in [0.2, 0.25) is 5.91 Å². The Morgan fingerprint density at radius 1 is 1.19 bits per heavy atom. The van der Waals surface area contributed by atoms with Crippen molar-refractivity contribution in [3.05, 3.63) is 35.4 Å². The molecule has 0 unspecified atom stereocenters. The van der Waals surface area contributed by atoms with Gasteiger partial charge < -0.3 is 14.5 Å². The van der Waals surface area contributed by atoms with Gasteiger partial charge in [0.1, 0.15) is 17.7 Å². The molecule has 0 saturated carbocycles. The second-order valence-electron chi connectivity index (χ2n) is 7.92. The van der Waals surface area contributed by atoms with Gasteiger partial charge in [-0.15, -0.1) is 0 Å². The lowest BCUT2D eigenvalue weighted by molar-refractivity contribution is -0.145. The number of esters is 1. The first-order valence-corrected chi connectivity index (χ1v) is 11.7. The highest BCUT2D eigenvalue weighted by atomic mass is 28.4. The molecule has 27 heavy (non-hydrogen) atoms. The van der Waals surface area contributed by atoms with Crippen LogP contribution >= 0.6 is 0 Å². The molecular weight excluding hydrogens is 372 g/mol. The lowest BCUT2D eigenvalue weighted by Gasteiger charge is -2.36. The van der Waals surface area contributed by atoms with Gasteiger partial charge in [0.05, 0.1) is 13.5 Å². The smallest absolute Gasteiger partial charge is 0.328 e. The molecule has 0 fully saturated rings. The molecule has 0 spiro atoms. The molecule has 0 heterocycles. The van der Waals surface area contributed by atoms with Crippen molar-refractivity contribution in [1.29, 1.82) is 0 Å². The average molecular weight is 402 g/mol. The van der Waals surface area contributed by atoms with E-state index in [0.29, 0.717) is 0 Å². The summed E-state index contributed by atoms with van der Waals surface area (Å²) in [5, 5.41) is 2.50. The third kappa shape index (κ3) is 6.70. The van der Waals surface area contributed by atoms with E-state index >= 15 is 0 Å². The highest BCUT2D eigenvalue weighted by Crippen LogP contribution is 2.36. The normalized spacial score (nSPS) is 13.2. The van der Waals surface area contributed by atoms with Gasteiger partial charge in [0.25, 0.3) is 0 Å². The summed E-state index contributed by atoms with van der Waals surface area (Å²) >= 11 is 0. The van der Waals surface area contributed by atoms with Crippen LogP contribution in [0, 0.1) is 11.6 Å². The third-order valence-electron chi connectivity index (χ3n) is 4.90. The van der Waals surface area contributed by atoms with Gasteiger partial charge in [0, 0.05) is 18.6 Å². The topological polar surface area (TPSA) is 64.6 Å². The Morgan fingerprint density at radius 3 is 2.22 bits per heavy atom. The molecular formula is C19H29F2NO4Si. The van der Waals surface area contributed by atoms with Gasteiger partial charge in [-0.2, -0.15) is 0 Å². The predicted molar refractivity (Wildman–Crippen MR) is 102 cm³/mol. The highest BCUT2D eigenvalue weighted by molar-refractivity contribution is 6.74. The average Bonchev–Trinajstić information content (AvgIpc) is 2.55. The summed E-state index contributed by atoms with van der Waals surface area (Å²) in [6.45, 7) is 10.7. The third-order valence-corrected chi connectivity index (χ3v) is 9.43. The lowest BCUT2D eigenvalue weighted by atomic mass is 10.1. The van der Waals surface area contributed by atoms with Crippen LogP contribution in [0.25, 0.3) is 0 Å². The number of nitrogens with one attached hydrogen (secondary N) is 1. The Balaban J connectivity index is 2.72. The molecule has 0 aliphatic heterocycles. The zero-order valence-corrected chi connectivity index (χ0v) is 17.8. The van der Waals surface area contributed by atoms with Crippen molar-refractivity contribution >= 4 is 20.2 Å². The first kappa shape index (κ1) is 23.2. The number of carbonyl (C=O) groups is 2. The Labute approximate surface area is 160 Å². The van der Waals surface area contributed by atoms with E-state index in [0.717, 1.165) is 12.1 Å². The molecule has 8 heteroatoms. The van der Waals surface area contributed by atoms with Gasteiger partial charge in [-0.25, -0.2) is 13.6 Å². The molecule has 1 N–H and O–H groups in total. The fourth-order valence-corrected chi connectivity index (χ4v) is 3.21. The second-order valence-corrected chi connectivity index (χ2v) is 12.7. The molecule has 1 aromatic rings. The first-order valence-electron chi connectivity index (χ1n) is 8.83.